The van der Waals surface area contributed by atoms with Gasteiger partial charge in [0.1, 0.15) is 0 Å². The van der Waals surface area contributed by atoms with Crippen LogP contribution in [0.3, 0.4) is 0 Å². The van der Waals surface area contributed by atoms with Gasteiger partial charge in [-0.15, -0.1) is 0 Å². The Balaban J connectivity index is 2.74. The molecule has 0 atom stereocenters. The van der Waals surface area contributed by atoms with Crippen LogP contribution in [-0.4, -0.2) is 22.7 Å². The Hall–Kier alpha value is -2.64. The summed E-state index contributed by atoms with van der Waals surface area (Å²) in [7, 11) is 1.30. The molecule has 0 aliphatic heterocycles. The Morgan fingerprint density at radius 1 is 1.27 bits per heavy atom. The van der Waals surface area contributed by atoms with Crippen LogP contribution in [0.25, 0.3) is 5.69 Å². The Labute approximate surface area is 123 Å². The molecule has 1 N–H and O–H groups in total. The lowest BCUT2D eigenvalue weighted by molar-refractivity contribution is -0.137. The number of hydrogen-bond acceptors (Lipinski definition) is 3. The molecule has 0 aliphatic rings. The minimum atomic E-state index is -4.58. The third-order valence-corrected chi connectivity index (χ3v) is 2.99. The zero-order valence-corrected chi connectivity index (χ0v) is 11.7. The maximum atomic E-state index is 13.1. The molecule has 0 unspecified atom stereocenters. The molecule has 8 heteroatoms. The van der Waals surface area contributed by atoms with E-state index in [-0.39, 0.29) is 11.4 Å². The van der Waals surface area contributed by atoms with Gasteiger partial charge in [-0.2, -0.15) is 18.3 Å². The molecule has 116 valence electrons. The van der Waals surface area contributed by atoms with E-state index in [4.69, 9.17) is 0 Å². The topological polar surface area (TPSA) is 64.0 Å². The van der Waals surface area contributed by atoms with Crippen molar-refractivity contribution in [2.24, 2.45) is 0 Å². The number of amides is 1. The first-order valence-corrected chi connectivity index (χ1v) is 6.25. The third-order valence-electron chi connectivity index (χ3n) is 2.99. The van der Waals surface area contributed by atoms with Crippen molar-refractivity contribution < 1.29 is 18.0 Å². The molecule has 5 nitrogen and oxygen atoms in total. The number of para-hydroxylation sites is 1. The van der Waals surface area contributed by atoms with Gasteiger partial charge in [0.15, 0.2) is 5.69 Å². The second-order valence-electron chi connectivity index (χ2n) is 4.50. The molecule has 0 saturated heterocycles. The van der Waals surface area contributed by atoms with Gasteiger partial charge in [0.25, 0.3) is 5.91 Å². The number of halogens is 3. The van der Waals surface area contributed by atoms with E-state index in [1.54, 1.807) is 0 Å². The number of alkyl halides is 3. The summed E-state index contributed by atoms with van der Waals surface area (Å²) in [4.78, 5) is 23.3. The first-order valence-electron chi connectivity index (χ1n) is 6.25. The second-order valence-corrected chi connectivity index (χ2v) is 4.50. The van der Waals surface area contributed by atoms with Crippen molar-refractivity contribution in [3.8, 4) is 5.69 Å². The fourth-order valence-electron chi connectivity index (χ4n) is 1.96. The Kier molecular flexibility index (Phi) is 4.03. The van der Waals surface area contributed by atoms with Gasteiger partial charge in [-0.25, -0.2) is 4.68 Å². The summed E-state index contributed by atoms with van der Waals surface area (Å²) in [6.45, 7) is 1.44. The maximum Gasteiger partial charge on any atom is 0.418 e. The molecule has 1 aromatic carbocycles. The largest absolute Gasteiger partial charge is 0.418 e. The molecule has 0 saturated carbocycles. The number of nitrogens with one attached hydrogen (secondary N) is 1. The average Bonchev–Trinajstić information content (AvgIpc) is 2.46. The number of nitrogens with zero attached hydrogens (tertiary/aromatic N) is 2. The fourth-order valence-corrected chi connectivity index (χ4v) is 1.96. The van der Waals surface area contributed by atoms with Crippen LogP contribution >= 0.6 is 0 Å². The van der Waals surface area contributed by atoms with E-state index in [0.29, 0.717) is 0 Å². The molecule has 0 bridgehead atoms. The number of carbonyl (C=O) groups is 1. The Morgan fingerprint density at radius 3 is 2.50 bits per heavy atom. The highest BCUT2D eigenvalue weighted by molar-refractivity contribution is 5.91. The van der Waals surface area contributed by atoms with E-state index in [9.17, 15) is 22.8 Å². The van der Waals surface area contributed by atoms with E-state index < -0.39 is 28.8 Å². The SMILES string of the molecule is CNC(=O)c1nn(-c2ccccc2C(F)(F)F)c(C)cc1=O. The monoisotopic (exact) mass is 311 g/mol. The van der Waals surface area contributed by atoms with Crippen LogP contribution in [0.4, 0.5) is 13.2 Å². The van der Waals surface area contributed by atoms with Crippen LogP contribution in [0.5, 0.6) is 0 Å². The molecule has 2 rings (SSSR count). The van der Waals surface area contributed by atoms with Gasteiger partial charge in [0.2, 0.25) is 5.43 Å². The van der Waals surface area contributed by atoms with Gasteiger partial charge >= 0.3 is 6.18 Å². The number of aryl methyl sites for hydroxylation is 1. The van der Waals surface area contributed by atoms with Crippen molar-refractivity contribution in [1.29, 1.82) is 0 Å². The molecule has 2 aromatic rings. The standard InChI is InChI=1S/C14H12F3N3O2/c1-8-7-11(21)12(13(22)18-2)19-20(8)10-6-4-3-5-9(10)14(15,16)17/h3-7H,1-2H3,(H,18,22). The minimum absolute atomic E-state index is 0.189. The average molecular weight is 311 g/mol. The van der Waals surface area contributed by atoms with Crippen LogP contribution in [-0.2, 0) is 6.18 Å². The lowest BCUT2D eigenvalue weighted by atomic mass is 10.1. The van der Waals surface area contributed by atoms with E-state index >= 15 is 0 Å². The highest BCUT2D eigenvalue weighted by Crippen LogP contribution is 2.33. The zero-order chi connectivity index (χ0) is 16.5. The van der Waals surface area contributed by atoms with E-state index in [1.165, 1.54) is 32.2 Å². The molecule has 0 fully saturated rings. The van der Waals surface area contributed by atoms with Crippen molar-refractivity contribution in [1.82, 2.24) is 15.1 Å². The first kappa shape index (κ1) is 15.7. The Bertz CT molecular complexity index is 782. The zero-order valence-electron chi connectivity index (χ0n) is 11.7. The number of carbonyl (C=O) groups excluding carboxylic acids is 1. The number of aromatic nitrogens is 2. The Morgan fingerprint density at radius 2 is 1.91 bits per heavy atom. The van der Waals surface area contributed by atoms with Crippen molar-refractivity contribution in [2.45, 2.75) is 13.1 Å². The van der Waals surface area contributed by atoms with Gasteiger partial charge in [-0.1, -0.05) is 12.1 Å². The van der Waals surface area contributed by atoms with Crippen molar-refractivity contribution in [3.63, 3.8) is 0 Å². The molecule has 1 amide bonds. The number of rotatable bonds is 2. The predicted molar refractivity (Wildman–Crippen MR) is 73.0 cm³/mol. The van der Waals surface area contributed by atoms with Gasteiger partial charge in [0, 0.05) is 18.8 Å². The minimum Gasteiger partial charge on any atom is -0.354 e. The predicted octanol–water partition coefficient (Wildman–Crippen LogP) is 1.92. The fraction of sp³-hybridized carbons (Fsp3) is 0.214. The molecule has 0 aliphatic carbocycles. The molecular weight excluding hydrogens is 299 g/mol. The smallest absolute Gasteiger partial charge is 0.354 e. The summed E-state index contributed by atoms with van der Waals surface area (Å²) in [5, 5.41) is 6.01. The molecular formula is C14H12F3N3O2. The normalized spacial score (nSPS) is 11.3. The molecule has 22 heavy (non-hydrogen) atoms. The number of benzene rings is 1. The van der Waals surface area contributed by atoms with Crippen LogP contribution in [0.15, 0.2) is 35.1 Å². The van der Waals surface area contributed by atoms with Crippen LogP contribution in [0, 0.1) is 6.92 Å². The lowest BCUT2D eigenvalue weighted by Gasteiger charge is -2.16. The van der Waals surface area contributed by atoms with Crippen molar-refractivity contribution >= 4 is 5.91 Å². The summed E-state index contributed by atoms with van der Waals surface area (Å²) >= 11 is 0. The van der Waals surface area contributed by atoms with Crippen LogP contribution in [0.1, 0.15) is 21.7 Å². The summed E-state index contributed by atoms with van der Waals surface area (Å²) in [6.07, 6.45) is -4.58. The van der Waals surface area contributed by atoms with Crippen LogP contribution in [0.2, 0.25) is 0 Å². The van der Waals surface area contributed by atoms with Gasteiger partial charge in [-0.3, -0.25) is 9.59 Å². The summed E-state index contributed by atoms with van der Waals surface area (Å²) in [5.74, 6) is -0.761. The first-order chi connectivity index (χ1) is 10.3. The highest BCUT2D eigenvalue weighted by atomic mass is 19.4. The van der Waals surface area contributed by atoms with Gasteiger partial charge in [-0.05, 0) is 19.1 Å². The van der Waals surface area contributed by atoms with Crippen LogP contribution < -0.4 is 10.7 Å². The molecule has 1 aromatic heterocycles. The summed E-state index contributed by atoms with van der Waals surface area (Å²) in [5.41, 5.74) is -2.09. The molecule has 0 radical (unpaired) electrons. The number of hydrogen-bond donors (Lipinski definition) is 1. The lowest BCUT2D eigenvalue weighted by Crippen LogP contribution is -2.30. The van der Waals surface area contributed by atoms with Crippen molar-refractivity contribution in [3.05, 3.63) is 57.5 Å². The van der Waals surface area contributed by atoms with E-state index in [2.05, 4.69) is 10.4 Å². The molecule has 0 spiro atoms. The van der Waals surface area contributed by atoms with E-state index in [1.807, 2.05) is 0 Å². The second kappa shape index (κ2) is 5.63. The quantitative estimate of drug-likeness (QED) is 0.921. The maximum absolute atomic E-state index is 13.1. The van der Waals surface area contributed by atoms with E-state index in [0.717, 1.165) is 16.8 Å². The third kappa shape index (κ3) is 2.85. The highest BCUT2D eigenvalue weighted by Gasteiger charge is 2.34. The molecule has 1 heterocycles. The van der Waals surface area contributed by atoms with Gasteiger partial charge < -0.3 is 5.32 Å². The van der Waals surface area contributed by atoms with Crippen molar-refractivity contribution in [2.75, 3.05) is 7.05 Å². The summed E-state index contributed by atoms with van der Waals surface area (Å²) in [6, 6.07) is 5.88. The van der Waals surface area contributed by atoms with Gasteiger partial charge in [0.05, 0.1) is 11.3 Å². The summed E-state index contributed by atoms with van der Waals surface area (Å²) < 4.78 is 40.2.